The summed E-state index contributed by atoms with van der Waals surface area (Å²) in [4.78, 5) is 27.2. The van der Waals surface area contributed by atoms with E-state index in [9.17, 15) is 9.59 Å². The lowest BCUT2D eigenvalue weighted by atomic mass is 10.2. The van der Waals surface area contributed by atoms with Crippen LogP contribution in [0.25, 0.3) is 0 Å². The van der Waals surface area contributed by atoms with Crippen LogP contribution in [0.4, 0.5) is 0 Å². The summed E-state index contributed by atoms with van der Waals surface area (Å²) in [5.74, 6) is 0.0719. The highest BCUT2D eigenvalue weighted by Gasteiger charge is 2.33. The van der Waals surface area contributed by atoms with Gasteiger partial charge in [0.15, 0.2) is 0 Å². The minimum absolute atomic E-state index is 0.238. The van der Waals surface area contributed by atoms with Crippen LogP contribution in [0, 0.1) is 0 Å². The van der Waals surface area contributed by atoms with Crippen LogP contribution in [0.3, 0.4) is 0 Å². The molecule has 1 amide bonds. The van der Waals surface area contributed by atoms with Crippen molar-refractivity contribution in [1.82, 2.24) is 9.88 Å². The quantitative estimate of drug-likeness (QED) is 0.796. The molecule has 0 saturated carbocycles. The lowest BCUT2D eigenvalue weighted by Crippen LogP contribution is -2.50. The SMILES string of the molecule is O=C(O)C1CSCCN1C(=O)c1ccc[nH]1. The molecule has 2 rings (SSSR count). The number of carboxylic acids is 1. The zero-order chi connectivity index (χ0) is 11.5. The molecule has 1 aliphatic rings. The van der Waals surface area contributed by atoms with Gasteiger partial charge in [0, 0.05) is 24.2 Å². The number of nitrogens with zero attached hydrogens (tertiary/aromatic N) is 1. The van der Waals surface area contributed by atoms with Gasteiger partial charge in [0.1, 0.15) is 11.7 Å². The van der Waals surface area contributed by atoms with Gasteiger partial charge in [0.05, 0.1) is 0 Å². The Morgan fingerprint density at radius 1 is 1.56 bits per heavy atom. The summed E-state index contributed by atoms with van der Waals surface area (Å²) in [6.07, 6.45) is 1.65. The van der Waals surface area contributed by atoms with Gasteiger partial charge in [-0.3, -0.25) is 4.79 Å². The van der Waals surface area contributed by atoms with Gasteiger partial charge in [-0.1, -0.05) is 0 Å². The summed E-state index contributed by atoms with van der Waals surface area (Å²) in [6.45, 7) is 0.486. The Bertz CT molecular complexity index is 391. The lowest BCUT2D eigenvalue weighted by molar-refractivity contribution is -0.141. The third-order valence-corrected chi connectivity index (χ3v) is 3.53. The first-order valence-corrected chi connectivity index (χ1v) is 6.10. The molecule has 1 aromatic heterocycles. The van der Waals surface area contributed by atoms with E-state index in [-0.39, 0.29) is 5.91 Å². The molecule has 0 aromatic carbocycles. The number of hydrogen-bond donors (Lipinski definition) is 2. The fourth-order valence-corrected chi connectivity index (χ4v) is 2.71. The maximum atomic E-state index is 12.0. The molecule has 6 heteroatoms. The number of H-pyrrole nitrogens is 1. The van der Waals surface area contributed by atoms with Crippen LogP contribution in [0.1, 0.15) is 10.5 Å². The van der Waals surface area contributed by atoms with Crippen LogP contribution in [-0.2, 0) is 4.79 Å². The number of nitrogens with one attached hydrogen (secondary N) is 1. The fourth-order valence-electron chi connectivity index (χ4n) is 1.67. The molecule has 1 unspecified atom stereocenters. The molecule has 0 aliphatic carbocycles. The predicted octanol–water partition coefficient (Wildman–Crippen LogP) is 0.657. The molecule has 1 aliphatic heterocycles. The fraction of sp³-hybridized carbons (Fsp3) is 0.400. The molecule has 1 atom stereocenters. The third-order valence-electron chi connectivity index (χ3n) is 2.50. The molecule has 16 heavy (non-hydrogen) atoms. The van der Waals surface area contributed by atoms with Crippen molar-refractivity contribution in [3.63, 3.8) is 0 Å². The highest BCUT2D eigenvalue weighted by atomic mass is 32.2. The number of carboxylic acid groups (broad SMARTS) is 1. The molecule has 1 aromatic rings. The van der Waals surface area contributed by atoms with E-state index in [0.717, 1.165) is 5.75 Å². The van der Waals surface area contributed by atoms with Gasteiger partial charge in [-0.25, -0.2) is 4.79 Å². The van der Waals surface area contributed by atoms with Crippen LogP contribution < -0.4 is 0 Å². The van der Waals surface area contributed by atoms with Gasteiger partial charge in [0.25, 0.3) is 5.91 Å². The van der Waals surface area contributed by atoms with E-state index in [1.54, 1.807) is 30.1 Å². The molecule has 5 nitrogen and oxygen atoms in total. The van der Waals surface area contributed by atoms with E-state index < -0.39 is 12.0 Å². The molecular weight excluding hydrogens is 228 g/mol. The molecule has 0 spiro atoms. The van der Waals surface area contributed by atoms with E-state index in [1.807, 2.05) is 0 Å². The third kappa shape index (κ3) is 2.06. The van der Waals surface area contributed by atoms with E-state index in [0.29, 0.717) is 18.0 Å². The average molecular weight is 240 g/mol. The number of aliphatic carboxylic acids is 1. The molecule has 1 fully saturated rings. The number of aromatic amines is 1. The highest BCUT2D eigenvalue weighted by molar-refractivity contribution is 7.99. The lowest BCUT2D eigenvalue weighted by Gasteiger charge is -2.32. The molecule has 1 saturated heterocycles. The van der Waals surface area contributed by atoms with Crippen molar-refractivity contribution in [3.8, 4) is 0 Å². The first kappa shape index (κ1) is 11.1. The first-order valence-electron chi connectivity index (χ1n) is 4.95. The van der Waals surface area contributed by atoms with Crippen LogP contribution in [0.15, 0.2) is 18.3 Å². The zero-order valence-electron chi connectivity index (χ0n) is 8.55. The van der Waals surface area contributed by atoms with Crippen LogP contribution in [0.5, 0.6) is 0 Å². The number of carbonyl (C=O) groups excluding carboxylic acids is 1. The van der Waals surface area contributed by atoms with Crippen molar-refractivity contribution < 1.29 is 14.7 Å². The number of carbonyl (C=O) groups is 2. The van der Waals surface area contributed by atoms with E-state index >= 15 is 0 Å². The van der Waals surface area contributed by atoms with Gasteiger partial charge >= 0.3 is 5.97 Å². The van der Waals surface area contributed by atoms with Crippen molar-refractivity contribution in [2.24, 2.45) is 0 Å². The Labute approximate surface area is 96.8 Å². The monoisotopic (exact) mass is 240 g/mol. The summed E-state index contributed by atoms with van der Waals surface area (Å²) < 4.78 is 0. The number of thioether (sulfide) groups is 1. The van der Waals surface area contributed by atoms with E-state index in [4.69, 9.17) is 5.11 Å². The van der Waals surface area contributed by atoms with Gasteiger partial charge in [0.2, 0.25) is 0 Å². The Morgan fingerprint density at radius 3 is 3.00 bits per heavy atom. The second-order valence-electron chi connectivity index (χ2n) is 3.51. The van der Waals surface area contributed by atoms with Crippen molar-refractivity contribution >= 4 is 23.6 Å². The standard InChI is InChI=1S/C10H12N2O3S/c13-9(7-2-1-3-11-7)12-4-5-16-6-8(12)10(14)15/h1-3,8,11H,4-6H2,(H,14,15). The van der Waals surface area contributed by atoms with Gasteiger partial charge in [-0.2, -0.15) is 11.8 Å². The summed E-state index contributed by atoms with van der Waals surface area (Å²) in [5.41, 5.74) is 0.443. The summed E-state index contributed by atoms with van der Waals surface area (Å²) in [7, 11) is 0. The second kappa shape index (κ2) is 4.61. The van der Waals surface area contributed by atoms with Crippen LogP contribution in [0.2, 0.25) is 0 Å². The Balaban J connectivity index is 2.17. The van der Waals surface area contributed by atoms with Crippen LogP contribution in [-0.4, -0.2) is 51.0 Å². The average Bonchev–Trinajstić information content (AvgIpc) is 2.81. The van der Waals surface area contributed by atoms with Crippen molar-refractivity contribution in [1.29, 1.82) is 0 Å². The zero-order valence-corrected chi connectivity index (χ0v) is 9.37. The number of amides is 1. The molecule has 0 radical (unpaired) electrons. The summed E-state index contributed by atoms with van der Waals surface area (Å²) in [5, 5.41) is 9.04. The normalized spacial score (nSPS) is 20.8. The molecule has 2 heterocycles. The summed E-state index contributed by atoms with van der Waals surface area (Å²) >= 11 is 1.56. The second-order valence-corrected chi connectivity index (χ2v) is 4.66. The molecular formula is C10H12N2O3S. The van der Waals surface area contributed by atoms with Gasteiger partial charge < -0.3 is 15.0 Å². The summed E-state index contributed by atoms with van der Waals surface area (Å²) in [6, 6.07) is 2.67. The highest BCUT2D eigenvalue weighted by Crippen LogP contribution is 2.18. The minimum Gasteiger partial charge on any atom is -0.480 e. The van der Waals surface area contributed by atoms with Gasteiger partial charge in [-0.05, 0) is 12.1 Å². The first-order chi connectivity index (χ1) is 7.70. The van der Waals surface area contributed by atoms with E-state index in [1.165, 1.54) is 4.90 Å². The van der Waals surface area contributed by atoms with Crippen molar-refractivity contribution in [2.75, 3.05) is 18.1 Å². The smallest absolute Gasteiger partial charge is 0.327 e. The molecule has 86 valence electrons. The van der Waals surface area contributed by atoms with Crippen LogP contribution >= 0.6 is 11.8 Å². The number of hydrogen-bond acceptors (Lipinski definition) is 3. The minimum atomic E-state index is -0.938. The van der Waals surface area contributed by atoms with Gasteiger partial charge in [-0.15, -0.1) is 0 Å². The van der Waals surface area contributed by atoms with E-state index in [2.05, 4.69) is 4.98 Å². The maximum absolute atomic E-state index is 12.0. The van der Waals surface area contributed by atoms with Crippen molar-refractivity contribution in [2.45, 2.75) is 6.04 Å². The van der Waals surface area contributed by atoms with Crippen molar-refractivity contribution in [3.05, 3.63) is 24.0 Å². The largest absolute Gasteiger partial charge is 0.480 e. The maximum Gasteiger partial charge on any atom is 0.327 e. The Kier molecular flexibility index (Phi) is 3.19. The Hall–Kier alpha value is -1.43. The topological polar surface area (TPSA) is 73.4 Å². The number of aromatic nitrogens is 1. The Morgan fingerprint density at radius 2 is 2.38 bits per heavy atom. The predicted molar refractivity (Wildman–Crippen MR) is 60.6 cm³/mol. The number of rotatable bonds is 2. The molecule has 0 bridgehead atoms. The molecule has 2 N–H and O–H groups in total.